The van der Waals surface area contributed by atoms with Crippen LogP contribution < -0.4 is 15.1 Å². The summed E-state index contributed by atoms with van der Waals surface area (Å²) in [6.45, 7) is 27.8. The summed E-state index contributed by atoms with van der Waals surface area (Å²) < 4.78 is 9.66. The topological polar surface area (TPSA) is 74.3 Å². The molecule has 2 aromatic rings. The van der Waals surface area contributed by atoms with Crippen molar-refractivity contribution >= 4 is 39.2 Å². The molecule has 0 bridgehead atoms. The first-order valence-electron chi connectivity index (χ1n) is 18.3. The molecule has 49 heavy (non-hydrogen) atoms. The molecule has 2 aliphatic rings. The number of nitrogens with one attached hydrogen (secondary N) is 1. The van der Waals surface area contributed by atoms with Crippen LogP contribution in [0, 0.1) is 0 Å². The minimum atomic E-state index is -0.100. The average Bonchev–Trinajstić information content (AvgIpc) is 3.08. The fourth-order valence-corrected chi connectivity index (χ4v) is 5.90. The van der Waals surface area contributed by atoms with Gasteiger partial charge in [-0.15, -0.1) is 0 Å². The predicted molar refractivity (Wildman–Crippen MR) is 210 cm³/mol. The lowest BCUT2D eigenvalue weighted by molar-refractivity contribution is -0.144. The van der Waals surface area contributed by atoms with Crippen LogP contribution in [0.25, 0.3) is 0 Å². The molecule has 9 heteroatoms. The van der Waals surface area contributed by atoms with Crippen LogP contribution in [-0.4, -0.2) is 94.3 Å². The molecule has 2 saturated heterocycles. The number of benzene rings is 2. The quantitative estimate of drug-likeness (QED) is 0.187. The van der Waals surface area contributed by atoms with Gasteiger partial charge < -0.3 is 24.6 Å². The number of ether oxygens (including phenoxy) is 2. The van der Waals surface area contributed by atoms with Crippen LogP contribution in [0.2, 0.25) is 0 Å². The minimum absolute atomic E-state index is 0.0740. The van der Waals surface area contributed by atoms with E-state index in [1.807, 2.05) is 13.8 Å². The highest BCUT2D eigenvalue weighted by Crippen LogP contribution is 2.26. The molecule has 0 spiro atoms. The van der Waals surface area contributed by atoms with E-state index < -0.39 is 0 Å². The summed E-state index contributed by atoms with van der Waals surface area (Å²) in [7, 11) is 0. The zero-order chi connectivity index (χ0) is 36.3. The fourth-order valence-electron chi connectivity index (χ4n) is 5.62. The third kappa shape index (κ3) is 16.8. The van der Waals surface area contributed by atoms with Crippen molar-refractivity contribution in [2.24, 2.45) is 0 Å². The molecule has 1 N–H and O–H groups in total. The number of hydrogen-bond donors (Lipinski definition) is 1. The Kier molecular flexibility index (Phi) is 19.3. The number of hydrogen-bond acceptors (Lipinski definition) is 8. The summed E-state index contributed by atoms with van der Waals surface area (Å²) in [5, 5.41) is 4.25. The SMILES string of the molecule is CC(C)(C)c1ccc(N2CCNCC2)cc1.CCOC(=O)CCCBr.CCOC(=O)CCCN1CCN(c2ccc(C(C)(C)C)cc2)CC1. The van der Waals surface area contributed by atoms with Gasteiger partial charge in [0, 0.05) is 81.9 Å². The smallest absolute Gasteiger partial charge is 0.305 e. The second kappa shape index (κ2) is 22.3. The molecule has 0 atom stereocenters. The lowest BCUT2D eigenvalue weighted by Crippen LogP contribution is -2.46. The molecule has 0 aromatic heterocycles. The van der Waals surface area contributed by atoms with Crippen LogP contribution in [0.15, 0.2) is 48.5 Å². The Morgan fingerprint density at radius 2 is 1.06 bits per heavy atom. The van der Waals surface area contributed by atoms with Gasteiger partial charge in [-0.25, -0.2) is 0 Å². The Hall–Kier alpha value is -2.62. The fraction of sp³-hybridized carbons (Fsp3) is 0.650. The number of esters is 2. The van der Waals surface area contributed by atoms with Crippen LogP contribution in [0.4, 0.5) is 11.4 Å². The van der Waals surface area contributed by atoms with E-state index >= 15 is 0 Å². The average molecular weight is 746 g/mol. The van der Waals surface area contributed by atoms with Gasteiger partial charge in [-0.3, -0.25) is 14.5 Å². The summed E-state index contributed by atoms with van der Waals surface area (Å²) >= 11 is 3.22. The third-order valence-corrected chi connectivity index (χ3v) is 9.23. The van der Waals surface area contributed by atoms with E-state index in [0.29, 0.717) is 26.1 Å². The second-order valence-electron chi connectivity index (χ2n) is 14.7. The van der Waals surface area contributed by atoms with E-state index in [1.165, 1.54) is 22.5 Å². The number of alkyl halides is 1. The second-order valence-corrected chi connectivity index (χ2v) is 15.5. The largest absolute Gasteiger partial charge is 0.466 e. The monoisotopic (exact) mass is 744 g/mol. The van der Waals surface area contributed by atoms with Gasteiger partial charge in [0.25, 0.3) is 0 Å². The predicted octanol–water partition coefficient (Wildman–Crippen LogP) is 7.57. The van der Waals surface area contributed by atoms with Crippen LogP contribution >= 0.6 is 15.9 Å². The van der Waals surface area contributed by atoms with Gasteiger partial charge in [0.05, 0.1) is 13.2 Å². The number of piperazine rings is 2. The molecular weight excluding hydrogens is 680 g/mol. The Bertz CT molecular complexity index is 1190. The Morgan fingerprint density at radius 3 is 1.45 bits per heavy atom. The maximum atomic E-state index is 11.4. The van der Waals surface area contributed by atoms with Gasteiger partial charge in [0.15, 0.2) is 0 Å². The van der Waals surface area contributed by atoms with Crippen molar-refractivity contribution in [3.63, 3.8) is 0 Å². The molecule has 2 fully saturated rings. The zero-order valence-corrected chi connectivity index (χ0v) is 33.4. The summed E-state index contributed by atoms with van der Waals surface area (Å²) in [4.78, 5) is 29.3. The first kappa shape index (κ1) is 42.5. The first-order chi connectivity index (χ1) is 23.3. The van der Waals surface area contributed by atoms with Crippen molar-refractivity contribution in [2.75, 3.05) is 87.2 Å². The molecule has 2 heterocycles. The molecule has 2 aliphatic heterocycles. The van der Waals surface area contributed by atoms with Crippen molar-refractivity contribution in [1.29, 1.82) is 0 Å². The van der Waals surface area contributed by atoms with Crippen molar-refractivity contribution in [3.05, 3.63) is 59.7 Å². The summed E-state index contributed by atoms with van der Waals surface area (Å²) in [6.07, 6.45) is 2.80. The van der Waals surface area contributed by atoms with E-state index in [0.717, 1.165) is 77.1 Å². The van der Waals surface area contributed by atoms with E-state index in [1.54, 1.807) is 0 Å². The van der Waals surface area contributed by atoms with E-state index in [4.69, 9.17) is 4.74 Å². The molecule has 0 radical (unpaired) electrons. The van der Waals surface area contributed by atoms with Gasteiger partial charge in [-0.05, 0) is 79.5 Å². The van der Waals surface area contributed by atoms with Gasteiger partial charge in [-0.1, -0.05) is 81.7 Å². The highest BCUT2D eigenvalue weighted by atomic mass is 79.9. The van der Waals surface area contributed by atoms with Gasteiger partial charge in [0.1, 0.15) is 0 Å². The summed E-state index contributed by atoms with van der Waals surface area (Å²) in [5.41, 5.74) is 5.91. The standard InChI is InChI=1S/C20H32N2O2.C14H22N2.C6H11BrO2/c1-5-24-19(23)7-6-12-21-13-15-22(16-14-21)18-10-8-17(9-11-18)20(2,3)4;1-14(2,3)12-4-6-13(7-5-12)16-10-8-15-9-11-16;1-2-9-6(8)4-3-5-7/h8-11H,5-7,12-16H2,1-4H3;4-7,15H,8-11H2,1-3H3;2-5H2,1H3. The molecule has 8 nitrogen and oxygen atoms in total. The Labute approximate surface area is 306 Å². The molecule has 276 valence electrons. The first-order valence-corrected chi connectivity index (χ1v) is 19.4. The number of nitrogens with zero attached hydrogens (tertiary/aromatic N) is 3. The molecule has 0 aliphatic carbocycles. The van der Waals surface area contributed by atoms with Crippen molar-refractivity contribution in [1.82, 2.24) is 10.2 Å². The lowest BCUT2D eigenvalue weighted by atomic mass is 9.87. The van der Waals surface area contributed by atoms with Crippen molar-refractivity contribution < 1.29 is 19.1 Å². The Balaban J connectivity index is 0.000000286. The number of anilines is 2. The number of carbonyl (C=O) groups is 2. The Morgan fingerprint density at radius 1 is 0.653 bits per heavy atom. The zero-order valence-electron chi connectivity index (χ0n) is 31.8. The van der Waals surface area contributed by atoms with Crippen molar-refractivity contribution in [2.45, 2.75) is 91.9 Å². The minimum Gasteiger partial charge on any atom is -0.466 e. The molecule has 2 aromatic carbocycles. The van der Waals surface area contributed by atoms with Gasteiger partial charge in [-0.2, -0.15) is 0 Å². The number of carbonyl (C=O) groups excluding carboxylic acids is 2. The highest BCUT2D eigenvalue weighted by molar-refractivity contribution is 9.09. The maximum absolute atomic E-state index is 11.4. The number of rotatable bonds is 11. The van der Waals surface area contributed by atoms with Gasteiger partial charge in [0.2, 0.25) is 0 Å². The summed E-state index contributed by atoms with van der Waals surface area (Å²) in [6, 6.07) is 18.0. The van der Waals surface area contributed by atoms with Gasteiger partial charge >= 0.3 is 11.9 Å². The number of halogens is 1. The van der Waals surface area contributed by atoms with Crippen LogP contribution in [0.3, 0.4) is 0 Å². The highest BCUT2D eigenvalue weighted by Gasteiger charge is 2.19. The molecule has 0 amide bonds. The molecule has 0 saturated carbocycles. The lowest BCUT2D eigenvalue weighted by Gasteiger charge is -2.36. The third-order valence-electron chi connectivity index (χ3n) is 8.67. The normalized spacial score (nSPS) is 15.4. The van der Waals surface area contributed by atoms with Crippen molar-refractivity contribution in [3.8, 4) is 0 Å². The van der Waals surface area contributed by atoms with Crippen LogP contribution in [0.1, 0.15) is 92.2 Å². The van der Waals surface area contributed by atoms with Crippen LogP contribution in [0.5, 0.6) is 0 Å². The van der Waals surface area contributed by atoms with E-state index in [2.05, 4.69) is 131 Å². The molecule has 0 unspecified atom stereocenters. The van der Waals surface area contributed by atoms with E-state index in [9.17, 15) is 9.59 Å². The summed E-state index contributed by atoms with van der Waals surface area (Å²) in [5.74, 6) is -0.174. The molecular formula is C40H65BrN4O4. The van der Waals surface area contributed by atoms with Crippen LogP contribution in [-0.2, 0) is 29.9 Å². The molecule has 4 rings (SSSR count). The van der Waals surface area contributed by atoms with E-state index in [-0.39, 0.29) is 22.8 Å². The maximum Gasteiger partial charge on any atom is 0.305 e.